The Balaban J connectivity index is 1.97. The number of hydroxylamine groups is 2. The molecule has 1 fully saturated rings. The molecule has 110 valence electrons. The topological polar surface area (TPSA) is 29.5 Å². The molecule has 1 saturated carbocycles. The van der Waals surface area contributed by atoms with Crippen LogP contribution in [0.3, 0.4) is 0 Å². The molecule has 0 bridgehead atoms. The molecule has 0 spiro atoms. The highest BCUT2D eigenvalue weighted by atomic mass is 16.7. The van der Waals surface area contributed by atoms with Gasteiger partial charge in [0.25, 0.3) is 0 Å². The lowest BCUT2D eigenvalue weighted by atomic mass is 9.78. The third-order valence-electron chi connectivity index (χ3n) is 4.66. The quantitative estimate of drug-likeness (QED) is 0.789. The van der Waals surface area contributed by atoms with Crippen LogP contribution in [0.25, 0.3) is 0 Å². The first-order valence-corrected chi connectivity index (χ1v) is 7.41. The Labute approximate surface area is 121 Å². The summed E-state index contributed by atoms with van der Waals surface area (Å²) in [4.78, 5) is 17.1. The lowest BCUT2D eigenvalue weighted by Crippen LogP contribution is -2.34. The van der Waals surface area contributed by atoms with Crippen molar-refractivity contribution >= 4 is 5.91 Å². The van der Waals surface area contributed by atoms with Crippen molar-refractivity contribution in [3.05, 3.63) is 34.9 Å². The van der Waals surface area contributed by atoms with Crippen LogP contribution in [-0.4, -0.2) is 25.1 Å². The minimum atomic E-state index is 0.117. The van der Waals surface area contributed by atoms with Gasteiger partial charge in [-0.05, 0) is 62.1 Å². The van der Waals surface area contributed by atoms with Gasteiger partial charge in [0.1, 0.15) is 0 Å². The van der Waals surface area contributed by atoms with Gasteiger partial charge in [-0.15, -0.1) is 0 Å². The molecular formula is C17H25NO2. The molecule has 0 aromatic heterocycles. The predicted molar refractivity (Wildman–Crippen MR) is 80.4 cm³/mol. The molecule has 1 amide bonds. The van der Waals surface area contributed by atoms with Crippen LogP contribution in [0, 0.1) is 19.8 Å². The van der Waals surface area contributed by atoms with E-state index in [1.165, 1.54) is 21.8 Å². The van der Waals surface area contributed by atoms with Gasteiger partial charge in [-0.25, -0.2) is 5.06 Å². The first-order chi connectivity index (χ1) is 9.52. The maximum absolute atomic E-state index is 12.1. The van der Waals surface area contributed by atoms with Crippen LogP contribution < -0.4 is 0 Å². The number of aryl methyl sites for hydroxylation is 2. The average molecular weight is 275 g/mol. The summed E-state index contributed by atoms with van der Waals surface area (Å²) in [5.74, 6) is 0.847. The van der Waals surface area contributed by atoms with Gasteiger partial charge in [-0.1, -0.05) is 18.2 Å². The molecule has 1 aromatic carbocycles. The highest BCUT2D eigenvalue weighted by molar-refractivity contribution is 5.77. The first-order valence-electron chi connectivity index (χ1n) is 7.41. The van der Waals surface area contributed by atoms with Crippen molar-refractivity contribution < 1.29 is 9.63 Å². The number of hydrogen-bond donors (Lipinski definition) is 0. The van der Waals surface area contributed by atoms with Crippen LogP contribution in [0.1, 0.15) is 48.3 Å². The second kappa shape index (κ2) is 6.40. The van der Waals surface area contributed by atoms with Crippen molar-refractivity contribution in [3.63, 3.8) is 0 Å². The highest BCUT2D eigenvalue weighted by Gasteiger charge is 2.29. The molecule has 0 N–H and O–H groups in total. The van der Waals surface area contributed by atoms with Gasteiger partial charge in [0, 0.05) is 13.0 Å². The first kappa shape index (κ1) is 15.0. The standard InChI is InChI=1S/C17H25NO2/c1-12-5-6-16(11-13(12)2)14-7-9-15(10-8-14)17(19)18(3)20-4/h5-6,11,14-15H,7-10H2,1-4H3. The second-order valence-corrected chi connectivity index (χ2v) is 5.91. The maximum Gasteiger partial charge on any atom is 0.248 e. The van der Waals surface area contributed by atoms with Crippen molar-refractivity contribution in [1.29, 1.82) is 0 Å². The van der Waals surface area contributed by atoms with E-state index in [1.54, 1.807) is 14.2 Å². The SMILES string of the molecule is CON(C)C(=O)C1CCC(c2ccc(C)c(C)c2)CC1. The zero-order chi connectivity index (χ0) is 14.7. The second-order valence-electron chi connectivity index (χ2n) is 5.91. The van der Waals surface area contributed by atoms with Gasteiger partial charge in [-0.2, -0.15) is 0 Å². The average Bonchev–Trinajstić information content (AvgIpc) is 2.48. The van der Waals surface area contributed by atoms with Crippen molar-refractivity contribution in [2.24, 2.45) is 5.92 Å². The molecule has 20 heavy (non-hydrogen) atoms. The molecule has 2 rings (SSSR count). The highest BCUT2D eigenvalue weighted by Crippen LogP contribution is 2.36. The third-order valence-corrected chi connectivity index (χ3v) is 4.66. The summed E-state index contributed by atoms with van der Waals surface area (Å²) in [6.45, 7) is 4.32. The molecule has 0 radical (unpaired) electrons. The zero-order valence-electron chi connectivity index (χ0n) is 13.0. The molecule has 0 saturated heterocycles. The number of benzene rings is 1. The summed E-state index contributed by atoms with van der Waals surface area (Å²) in [6.07, 6.45) is 4.11. The van der Waals surface area contributed by atoms with Crippen molar-refractivity contribution in [2.45, 2.75) is 45.4 Å². The molecule has 3 nitrogen and oxygen atoms in total. The Morgan fingerprint density at radius 3 is 2.35 bits per heavy atom. The predicted octanol–water partition coefficient (Wildman–Crippen LogP) is 3.60. The van der Waals surface area contributed by atoms with E-state index in [0.717, 1.165) is 25.7 Å². The summed E-state index contributed by atoms with van der Waals surface area (Å²) in [7, 11) is 3.23. The van der Waals surface area contributed by atoms with E-state index in [-0.39, 0.29) is 11.8 Å². The Morgan fingerprint density at radius 1 is 1.15 bits per heavy atom. The fourth-order valence-electron chi connectivity index (χ4n) is 3.04. The summed E-state index contributed by atoms with van der Waals surface area (Å²) in [5.41, 5.74) is 4.14. The number of amides is 1. The summed E-state index contributed by atoms with van der Waals surface area (Å²) in [6, 6.07) is 6.76. The van der Waals surface area contributed by atoms with Gasteiger partial charge in [-0.3, -0.25) is 9.63 Å². The molecule has 1 aromatic rings. The number of carbonyl (C=O) groups excluding carboxylic acids is 1. The molecule has 0 unspecified atom stereocenters. The van der Waals surface area contributed by atoms with Crippen LogP contribution in [0.15, 0.2) is 18.2 Å². The minimum absolute atomic E-state index is 0.117. The van der Waals surface area contributed by atoms with Crippen LogP contribution in [0.2, 0.25) is 0 Å². The molecular weight excluding hydrogens is 250 g/mol. The lowest BCUT2D eigenvalue weighted by Gasteiger charge is -2.30. The van der Waals surface area contributed by atoms with Gasteiger partial charge >= 0.3 is 0 Å². The third kappa shape index (κ3) is 3.21. The Bertz CT molecular complexity index is 476. The fraction of sp³-hybridized carbons (Fsp3) is 0.588. The van der Waals surface area contributed by atoms with E-state index in [2.05, 4.69) is 32.0 Å². The van der Waals surface area contributed by atoms with Gasteiger partial charge in [0.05, 0.1) is 7.11 Å². The summed E-state index contributed by atoms with van der Waals surface area (Å²) >= 11 is 0. The van der Waals surface area contributed by atoms with Crippen LogP contribution in [0.4, 0.5) is 0 Å². The zero-order valence-corrected chi connectivity index (χ0v) is 13.0. The summed E-state index contributed by atoms with van der Waals surface area (Å²) < 4.78 is 0. The van der Waals surface area contributed by atoms with Gasteiger partial charge < -0.3 is 0 Å². The van der Waals surface area contributed by atoms with Crippen molar-refractivity contribution in [3.8, 4) is 0 Å². The molecule has 0 aliphatic heterocycles. The Hall–Kier alpha value is -1.35. The molecule has 0 heterocycles. The fourth-order valence-corrected chi connectivity index (χ4v) is 3.04. The molecule has 3 heteroatoms. The number of carbonyl (C=O) groups is 1. The monoisotopic (exact) mass is 275 g/mol. The van der Waals surface area contributed by atoms with E-state index >= 15 is 0 Å². The Morgan fingerprint density at radius 2 is 1.80 bits per heavy atom. The Kier molecular flexibility index (Phi) is 4.81. The van der Waals surface area contributed by atoms with E-state index in [0.29, 0.717) is 5.92 Å². The van der Waals surface area contributed by atoms with Crippen LogP contribution in [-0.2, 0) is 9.63 Å². The van der Waals surface area contributed by atoms with E-state index < -0.39 is 0 Å². The molecule has 1 aliphatic carbocycles. The molecule has 1 aliphatic rings. The van der Waals surface area contributed by atoms with Crippen molar-refractivity contribution in [1.82, 2.24) is 5.06 Å². The van der Waals surface area contributed by atoms with Crippen LogP contribution in [0.5, 0.6) is 0 Å². The van der Waals surface area contributed by atoms with Crippen molar-refractivity contribution in [2.75, 3.05) is 14.2 Å². The smallest absolute Gasteiger partial charge is 0.248 e. The number of nitrogens with zero attached hydrogens (tertiary/aromatic N) is 1. The lowest BCUT2D eigenvalue weighted by molar-refractivity contribution is -0.174. The minimum Gasteiger partial charge on any atom is -0.275 e. The van der Waals surface area contributed by atoms with Gasteiger partial charge in [0.2, 0.25) is 5.91 Å². The summed E-state index contributed by atoms with van der Waals surface area (Å²) in [5, 5.41) is 1.36. The van der Waals surface area contributed by atoms with Crippen LogP contribution >= 0.6 is 0 Å². The van der Waals surface area contributed by atoms with E-state index in [1.807, 2.05) is 0 Å². The normalized spacial score (nSPS) is 22.6. The van der Waals surface area contributed by atoms with E-state index in [9.17, 15) is 4.79 Å². The molecule has 0 atom stereocenters. The largest absolute Gasteiger partial charge is 0.275 e. The maximum atomic E-state index is 12.1. The number of rotatable bonds is 3. The van der Waals surface area contributed by atoms with Gasteiger partial charge in [0.15, 0.2) is 0 Å². The van der Waals surface area contributed by atoms with E-state index in [4.69, 9.17) is 4.84 Å². The number of hydrogen-bond acceptors (Lipinski definition) is 2.